The Labute approximate surface area is 165 Å². The molecule has 0 aliphatic carbocycles. The minimum absolute atomic E-state index is 0.0552. The zero-order valence-electron chi connectivity index (χ0n) is 14.8. The molecule has 3 rings (SSSR count). The quantitative estimate of drug-likeness (QED) is 0.637. The second-order valence-corrected chi connectivity index (χ2v) is 6.90. The third kappa shape index (κ3) is 4.43. The first-order chi connectivity index (χ1) is 13.0. The molecule has 0 unspecified atom stereocenters. The van der Waals surface area contributed by atoms with Crippen molar-refractivity contribution in [3.8, 4) is 0 Å². The maximum Gasteiger partial charge on any atom is 0.291 e. The molecule has 0 atom stereocenters. The van der Waals surface area contributed by atoms with Crippen molar-refractivity contribution in [3.05, 3.63) is 76.9 Å². The van der Waals surface area contributed by atoms with E-state index in [0.29, 0.717) is 21.6 Å². The molecule has 2 amide bonds. The lowest BCUT2D eigenvalue weighted by Gasteiger charge is -2.26. The van der Waals surface area contributed by atoms with Gasteiger partial charge in [-0.2, -0.15) is 0 Å². The number of halogens is 1. The molecule has 6 nitrogen and oxygen atoms in total. The molecule has 1 aromatic carbocycles. The fourth-order valence-electron chi connectivity index (χ4n) is 2.64. The summed E-state index contributed by atoms with van der Waals surface area (Å²) in [6, 6.07) is 13.6. The Morgan fingerprint density at radius 2 is 1.96 bits per heavy atom. The SMILES string of the molecule is CC(C)N(C(=O)c1cccc(NC(=O)c2ccc(Br)o2)c1)c1cccnc1. The number of benzene rings is 1. The average Bonchev–Trinajstić information content (AvgIpc) is 3.09. The summed E-state index contributed by atoms with van der Waals surface area (Å²) >= 11 is 3.17. The monoisotopic (exact) mass is 427 g/mol. The molecule has 3 aromatic rings. The summed E-state index contributed by atoms with van der Waals surface area (Å²) in [6.45, 7) is 3.87. The number of hydrogen-bond donors (Lipinski definition) is 1. The van der Waals surface area contributed by atoms with Crippen LogP contribution < -0.4 is 10.2 Å². The predicted molar refractivity (Wildman–Crippen MR) is 107 cm³/mol. The topological polar surface area (TPSA) is 75.4 Å². The van der Waals surface area contributed by atoms with Gasteiger partial charge in [-0.3, -0.25) is 14.6 Å². The van der Waals surface area contributed by atoms with E-state index in [0.717, 1.165) is 0 Å². The first-order valence-corrected chi connectivity index (χ1v) is 9.15. The zero-order valence-corrected chi connectivity index (χ0v) is 16.4. The molecule has 7 heteroatoms. The summed E-state index contributed by atoms with van der Waals surface area (Å²) in [5.74, 6) is -0.383. The van der Waals surface area contributed by atoms with E-state index in [1.54, 1.807) is 59.8 Å². The van der Waals surface area contributed by atoms with E-state index >= 15 is 0 Å². The highest BCUT2D eigenvalue weighted by Gasteiger charge is 2.21. The van der Waals surface area contributed by atoms with Gasteiger partial charge in [-0.1, -0.05) is 6.07 Å². The number of furan rings is 1. The Morgan fingerprint density at radius 3 is 2.59 bits per heavy atom. The molecule has 1 N–H and O–H groups in total. The molecule has 0 spiro atoms. The van der Waals surface area contributed by atoms with E-state index in [9.17, 15) is 9.59 Å². The zero-order chi connectivity index (χ0) is 19.4. The lowest BCUT2D eigenvalue weighted by Crippen LogP contribution is -2.37. The van der Waals surface area contributed by atoms with Gasteiger partial charge in [-0.15, -0.1) is 0 Å². The summed E-state index contributed by atoms with van der Waals surface area (Å²) in [4.78, 5) is 31.1. The molecule has 0 aliphatic rings. The van der Waals surface area contributed by atoms with Crippen molar-refractivity contribution < 1.29 is 14.0 Å². The highest BCUT2D eigenvalue weighted by atomic mass is 79.9. The van der Waals surface area contributed by atoms with Crippen molar-refractivity contribution in [2.24, 2.45) is 0 Å². The van der Waals surface area contributed by atoms with Crippen molar-refractivity contribution >= 4 is 39.1 Å². The second kappa shape index (κ2) is 8.18. The van der Waals surface area contributed by atoms with Crippen molar-refractivity contribution in [1.82, 2.24) is 4.98 Å². The van der Waals surface area contributed by atoms with Crippen LogP contribution >= 0.6 is 15.9 Å². The Hall–Kier alpha value is -2.93. The largest absolute Gasteiger partial charge is 0.444 e. The van der Waals surface area contributed by atoms with E-state index in [1.165, 1.54) is 0 Å². The van der Waals surface area contributed by atoms with E-state index in [4.69, 9.17) is 4.42 Å². The van der Waals surface area contributed by atoms with Gasteiger partial charge in [0.15, 0.2) is 10.4 Å². The minimum Gasteiger partial charge on any atom is -0.444 e. The summed E-state index contributed by atoms with van der Waals surface area (Å²) in [6.07, 6.45) is 3.31. The van der Waals surface area contributed by atoms with Gasteiger partial charge in [0.2, 0.25) is 0 Å². The van der Waals surface area contributed by atoms with E-state index in [2.05, 4.69) is 26.2 Å². The molecule has 0 aliphatic heterocycles. The maximum absolute atomic E-state index is 13.1. The van der Waals surface area contributed by atoms with Gasteiger partial charge >= 0.3 is 0 Å². The Bertz CT molecular complexity index is 954. The first-order valence-electron chi connectivity index (χ1n) is 8.36. The van der Waals surface area contributed by atoms with Crippen LogP contribution in [0, 0.1) is 0 Å². The van der Waals surface area contributed by atoms with Gasteiger partial charge in [0, 0.05) is 23.5 Å². The highest BCUT2D eigenvalue weighted by molar-refractivity contribution is 9.10. The molecule has 0 bridgehead atoms. The van der Waals surface area contributed by atoms with Crippen LogP contribution in [0.25, 0.3) is 0 Å². The van der Waals surface area contributed by atoms with E-state index in [1.807, 2.05) is 19.9 Å². The smallest absolute Gasteiger partial charge is 0.291 e. The van der Waals surface area contributed by atoms with Crippen molar-refractivity contribution in [2.75, 3.05) is 10.2 Å². The van der Waals surface area contributed by atoms with Crippen molar-refractivity contribution in [2.45, 2.75) is 19.9 Å². The normalized spacial score (nSPS) is 10.7. The third-order valence-electron chi connectivity index (χ3n) is 3.82. The van der Waals surface area contributed by atoms with Crippen LogP contribution in [-0.2, 0) is 0 Å². The Morgan fingerprint density at radius 1 is 1.15 bits per heavy atom. The first kappa shape index (κ1) is 18.8. The lowest BCUT2D eigenvalue weighted by molar-refractivity contribution is 0.0975. The lowest BCUT2D eigenvalue weighted by atomic mass is 10.1. The average molecular weight is 428 g/mol. The highest BCUT2D eigenvalue weighted by Crippen LogP contribution is 2.21. The number of rotatable bonds is 5. The molecular formula is C20H18BrN3O3. The van der Waals surface area contributed by atoms with Gasteiger partial charge in [0.05, 0.1) is 11.9 Å². The fourth-order valence-corrected chi connectivity index (χ4v) is 2.95. The molecular weight excluding hydrogens is 410 g/mol. The number of hydrogen-bond acceptors (Lipinski definition) is 4. The van der Waals surface area contributed by atoms with Crippen LogP contribution in [0.15, 0.2) is 70.0 Å². The second-order valence-electron chi connectivity index (χ2n) is 6.12. The van der Waals surface area contributed by atoms with Crippen molar-refractivity contribution in [3.63, 3.8) is 0 Å². The number of carbonyl (C=O) groups excluding carboxylic acids is 2. The number of amides is 2. The number of carbonyl (C=O) groups is 2. The molecule has 138 valence electrons. The molecule has 0 saturated heterocycles. The van der Waals surface area contributed by atoms with Crippen LogP contribution in [0.2, 0.25) is 0 Å². The molecule has 27 heavy (non-hydrogen) atoms. The maximum atomic E-state index is 13.1. The number of nitrogens with one attached hydrogen (secondary N) is 1. The molecule has 0 saturated carbocycles. The third-order valence-corrected chi connectivity index (χ3v) is 4.25. The molecule has 0 radical (unpaired) electrons. The molecule has 2 aromatic heterocycles. The van der Waals surface area contributed by atoms with Crippen molar-refractivity contribution in [1.29, 1.82) is 0 Å². The van der Waals surface area contributed by atoms with Gasteiger partial charge in [-0.05, 0) is 72.2 Å². The van der Waals surface area contributed by atoms with Gasteiger partial charge in [0.1, 0.15) is 0 Å². The summed E-state index contributed by atoms with van der Waals surface area (Å²) in [5, 5.41) is 2.74. The number of anilines is 2. The van der Waals surface area contributed by atoms with Gasteiger partial charge in [-0.25, -0.2) is 0 Å². The number of pyridine rings is 1. The van der Waals surface area contributed by atoms with Gasteiger partial charge < -0.3 is 14.6 Å². The van der Waals surface area contributed by atoms with E-state index < -0.39 is 5.91 Å². The Balaban J connectivity index is 1.83. The summed E-state index contributed by atoms with van der Waals surface area (Å²) in [7, 11) is 0. The van der Waals surface area contributed by atoms with Crippen LogP contribution in [-0.4, -0.2) is 22.8 Å². The van der Waals surface area contributed by atoms with Crippen LogP contribution in [0.1, 0.15) is 34.8 Å². The molecule has 2 heterocycles. The fraction of sp³-hybridized carbons (Fsp3) is 0.150. The number of nitrogens with zero attached hydrogens (tertiary/aromatic N) is 2. The van der Waals surface area contributed by atoms with Crippen LogP contribution in [0.4, 0.5) is 11.4 Å². The Kier molecular flexibility index (Phi) is 5.71. The van der Waals surface area contributed by atoms with Crippen LogP contribution in [0.3, 0.4) is 0 Å². The predicted octanol–water partition coefficient (Wildman–Crippen LogP) is 4.74. The summed E-state index contributed by atoms with van der Waals surface area (Å²) < 4.78 is 5.72. The molecule has 0 fully saturated rings. The summed E-state index contributed by atoms with van der Waals surface area (Å²) in [5.41, 5.74) is 1.69. The number of aromatic nitrogens is 1. The van der Waals surface area contributed by atoms with Crippen LogP contribution in [0.5, 0.6) is 0 Å². The standard InChI is InChI=1S/C20H18BrN3O3/c1-13(2)24(16-7-4-10-22-12-16)20(26)14-5-3-6-15(11-14)23-19(25)17-8-9-18(21)27-17/h3-13H,1-2H3,(H,23,25). The van der Waals surface area contributed by atoms with Gasteiger partial charge in [0.25, 0.3) is 11.8 Å². The van der Waals surface area contributed by atoms with E-state index in [-0.39, 0.29) is 17.7 Å². The minimum atomic E-state index is -0.390.